The molecule has 220 valence electrons. The lowest BCUT2D eigenvalue weighted by molar-refractivity contribution is -0.294. The van der Waals surface area contributed by atoms with Crippen molar-refractivity contribution in [1.29, 1.82) is 0 Å². The molecule has 1 saturated carbocycles. The van der Waals surface area contributed by atoms with Crippen LogP contribution in [-0.4, -0.2) is 49.9 Å². The lowest BCUT2D eigenvalue weighted by atomic mass is 9.83. The highest BCUT2D eigenvalue weighted by Gasteiger charge is 2.77. The van der Waals surface area contributed by atoms with Crippen LogP contribution in [0.15, 0.2) is 12.1 Å². The van der Waals surface area contributed by atoms with Crippen molar-refractivity contribution in [3.8, 4) is 11.5 Å². The summed E-state index contributed by atoms with van der Waals surface area (Å²) < 4.78 is 129. The molecule has 0 saturated heterocycles. The van der Waals surface area contributed by atoms with Crippen molar-refractivity contribution >= 4 is 10.1 Å². The van der Waals surface area contributed by atoms with Crippen molar-refractivity contribution < 1.29 is 53.5 Å². The second-order valence-corrected chi connectivity index (χ2v) is 11.0. The zero-order valence-corrected chi connectivity index (χ0v) is 22.4. The first-order valence-electron chi connectivity index (χ1n) is 12.8. The monoisotopic (exact) mass is 578 g/mol. The Labute approximate surface area is 219 Å². The molecule has 0 radical (unpaired) electrons. The van der Waals surface area contributed by atoms with E-state index in [-0.39, 0.29) is 17.2 Å². The van der Waals surface area contributed by atoms with Crippen molar-refractivity contribution in [2.45, 2.75) is 101 Å². The van der Waals surface area contributed by atoms with Crippen LogP contribution in [0.5, 0.6) is 11.5 Å². The van der Waals surface area contributed by atoms with Gasteiger partial charge in [-0.15, -0.1) is 0 Å². The fourth-order valence-corrected chi connectivity index (χ4v) is 4.60. The zero-order valence-electron chi connectivity index (χ0n) is 21.6. The number of unbranched alkanes of at least 4 members (excludes halogenated alkanes) is 2. The summed E-state index contributed by atoms with van der Waals surface area (Å²) in [6.07, 6.45) is 8.16. The summed E-state index contributed by atoms with van der Waals surface area (Å²) in [5, 5.41) is -6.43. The molecule has 1 N–H and O–H groups in total. The highest BCUT2D eigenvalue weighted by atomic mass is 32.2. The maximum atomic E-state index is 14.1. The van der Waals surface area contributed by atoms with Crippen LogP contribution in [0.1, 0.15) is 88.7 Å². The summed E-state index contributed by atoms with van der Waals surface area (Å²) in [6, 6.07) is 3.27. The molecular weight excluding hydrogens is 542 g/mol. The Balaban J connectivity index is 2.33. The van der Waals surface area contributed by atoms with Crippen molar-refractivity contribution in [2.24, 2.45) is 0 Å². The van der Waals surface area contributed by atoms with Gasteiger partial charge in [-0.2, -0.15) is 34.8 Å². The van der Waals surface area contributed by atoms with Crippen molar-refractivity contribution in [3.63, 3.8) is 0 Å². The van der Waals surface area contributed by atoms with Gasteiger partial charge in [-0.1, -0.05) is 46.0 Å². The van der Waals surface area contributed by atoms with Gasteiger partial charge in [0.1, 0.15) is 18.1 Å². The molecule has 1 aromatic carbocycles. The molecule has 6 nitrogen and oxygen atoms in total. The van der Waals surface area contributed by atoms with Gasteiger partial charge in [0.25, 0.3) is 0 Å². The van der Waals surface area contributed by atoms with E-state index >= 15 is 0 Å². The van der Waals surface area contributed by atoms with E-state index in [4.69, 9.17) is 18.8 Å². The number of alkyl halides is 6. The van der Waals surface area contributed by atoms with Gasteiger partial charge in [0.05, 0.1) is 19.8 Å². The molecule has 1 aliphatic rings. The van der Waals surface area contributed by atoms with E-state index < -0.39 is 40.4 Å². The maximum Gasteiger partial charge on any atom is 0.438 e. The summed E-state index contributed by atoms with van der Waals surface area (Å²) in [5.41, 5.74) is 1.08. The topological polar surface area (TPSA) is 82.1 Å². The van der Waals surface area contributed by atoms with Gasteiger partial charge in [-0.3, -0.25) is 4.55 Å². The Morgan fingerprint density at radius 3 is 1.97 bits per heavy atom. The van der Waals surface area contributed by atoms with Gasteiger partial charge >= 0.3 is 27.2 Å². The molecule has 0 atom stereocenters. The molecule has 1 aromatic rings. The fourth-order valence-electron chi connectivity index (χ4n) is 4.13. The van der Waals surface area contributed by atoms with Gasteiger partial charge in [-0.05, 0) is 43.7 Å². The van der Waals surface area contributed by atoms with Crippen LogP contribution in [0.3, 0.4) is 0 Å². The third kappa shape index (κ3) is 7.68. The molecule has 0 spiro atoms. The summed E-state index contributed by atoms with van der Waals surface area (Å²) in [5.74, 6) is -11.1. The minimum absolute atomic E-state index is 0.188. The van der Waals surface area contributed by atoms with E-state index in [0.717, 1.165) is 56.9 Å². The molecule has 0 unspecified atom stereocenters. The SMILES string of the molecule is CCCCOc1cc(C2CCCCC2)c(OCCCC)cc1COCC(F)(F)C(F)(F)C(F)(F)S(=O)(=O)O. The molecule has 0 heterocycles. The molecule has 0 amide bonds. The molecule has 38 heavy (non-hydrogen) atoms. The third-order valence-corrected chi connectivity index (χ3v) is 7.34. The standard InChI is InChI=1S/C25H36F6O6S/c1-3-5-12-36-21-15-20(18-10-8-7-9-11-18)22(37-13-6-4-2)14-19(21)16-35-17-23(26,27)24(28,29)25(30,31)38(32,33)34/h14-15,18H,3-13,16-17H2,1-2H3,(H,32,33,34). The first-order valence-corrected chi connectivity index (χ1v) is 14.2. The summed E-state index contributed by atoms with van der Waals surface area (Å²) in [6.45, 7) is 1.64. The quantitative estimate of drug-likeness (QED) is 0.125. The van der Waals surface area contributed by atoms with Crippen LogP contribution in [0.2, 0.25) is 0 Å². The van der Waals surface area contributed by atoms with Gasteiger partial charge in [0.15, 0.2) is 0 Å². The van der Waals surface area contributed by atoms with Crippen LogP contribution >= 0.6 is 0 Å². The van der Waals surface area contributed by atoms with Crippen LogP contribution in [0, 0.1) is 0 Å². The first kappa shape index (κ1) is 32.5. The van der Waals surface area contributed by atoms with E-state index in [1.54, 1.807) is 6.07 Å². The summed E-state index contributed by atoms with van der Waals surface area (Å²) in [4.78, 5) is 0. The second-order valence-electron chi connectivity index (χ2n) is 9.50. The largest absolute Gasteiger partial charge is 0.493 e. The number of rotatable bonds is 16. The van der Waals surface area contributed by atoms with Crippen LogP contribution < -0.4 is 9.47 Å². The summed E-state index contributed by atoms with van der Waals surface area (Å²) >= 11 is 0. The average Bonchev–Trinajstić information content (AvgIpc) is 2.84. The fraction of sp³-hybridized carbons (Fsp3) is 0.760. The maximum absolute atomic E-state index is 14.1. The van der Waals surface area contributed by atoms with E-state index in [2.05, 4.69) is 0 Å². The number of ether oxygens (including phenoxy) is 3. The lowest BCUT2D eigenvalue weighted by Gasteiger charge is -2.30. The van der Waals surface area contributed by atoms with Gasteiger partial charge in [-0.25, -0.2) is 0 Å². The van der Waals surface area contributed by atoms with E-state index in [1.807, 2.05) is 13.8 Å². The normalized spacial score (nSPS) is 16.0. The molecule has 1 fully saturated rings. The lowest BCUT2D eigenvalue weighted by Crippen LogP contribution is -2.59. The second kappa shape index (κ2) is 13.6. The molecule has 0 aliphatic heterocycles. The minimum atomic E-state index is -6.83. The van der Waals surface area contributed by atoms with Gasteiger partial charge < -0.3 is 14.2 Å². The predicted octanol–water partition coefficient (Wildman–Crippen LogP) is 7.36. The number of hydrogen-bond acceptors (Lipinski definition) is 5. The Morgan fingerprint density at radius 1 is 0.895 bits per heavy atom. The Hall–Kier alpha value is -1.73. The van der Waals surface area contributed by atoms with E-state index in [1.165, 1.54) is 6.07 Å². The number of hydrogen-bond donors (Lipinski definition) is 1. The molecule has 2 rings (SSSR count). The van der Waals surface area contributed by atoms with Gasteiger partial charge in [0.2, 0.25) is 0 Å². The summed E-state index contributed by atoms with van der Waals surface area (Å²) in [7, 11) is -6.83. The number of benzene rings is 1. The molecule has 0 bridgehead atoms. The third-order valence-electron chi connectivity index (χ3n) is 6.44. The Bertz CT molecular complexity index is 996. The average molecular weight is 579 g/mol. The van der Waals surface area contributed by atoms with Crippen LogP contribution in [0.4, 0.5) is 26.3 Å². The zero-order chi connectivity index (χ0) is 28.6. The van der Waals surface area contributed by atoms with E-state index in [0.29, 0.717) is 25.4 Å². The Morgan fingerprint density at radius 2 is 1.45 bits per heavy atom. The highest BCUT2D eigenvalue weighted by molar-refractivity contribution is 7.87. The molecule has 13 heteroatoms. The smallest absolute Gasteiger partial charge is 0.438 e. The minimum Gasteiger partial charge on any atom is -0.493 e. The van der Waals surface area contributed by atoms with Crippen LogP contribution in [0.25, 0.3) is 0 Å². The first-order chi connectivity index (χ1) is 17.7. The highest BCUT2D eigenvalue weighted by Crippen LogP contribution is 2.48. The van der Waals surface area contributed by atoms with Crippen molar-refractivity contribution in [3.05, 3.63) is 23.3 Å². The van der Waals surface area contributed by atoms with Gasteiger partial charge in [0, 0.05) is 11.1 Å². The molecule has 1 aliphatic carbocycles. The Kier molecular flexibility index (Phi) is 11.6. The van der Waals surface area contributed by atoms with Crippen molar-refractivity contribution in [2.75, 3.05) is 19.8 Å². The van der Waals surface area contributed by atoms with Crippen LogP contribution in [-0.2, 0) is 21.5 Å². The predicted molar refractivity (Wildman–Crippen MR) is 129 cm³/mol. The molecule has 0 aromatic heterocycles. The number of halogens is 6. The molecular formula is C25H36F6O6S. The van der Waals surface area contributed by atoms with Crippen molar-refractivity contribution in [1.82, 2.24) is 0 Å². The van der Waals surface area contributed by atoms with E-state index in [9.17, 15) is 34.8 Å².